The average Bonchev–Trinajstić information content (AvgIpc) is 2.46. The number of aromatic carboxylic acids is 1. The fourth-order valence-corrected chi connectivity index (χ4v) is 1.70. The molecule has 0 atom stereocenters. The zero-order valence-electron chi connectivity index (χ0n) is 10.2. The van der Waals surface area contributed by atoms with E-state index in [0.717, 1.165) is 0 Å². The smallest absolute Gasteiger partial charge is 0.355 e. The summed E-state index contributed by atoms with van der Waals surface area (Å²) in [6, 6.07) is 8.53. The number of carboxylic acid groups (broad SMARTS) is 1. The Bertz CT molecular complexity index is 693. The van der Waals surface area contributed by atoms with Gasteiger partial charge in [0.1, 0.15) is 0 Å². The van der Waals surface area contributed by atoms with E-state index in [0.29, 0.717) is 0 Å². The molecule has 2 rings (SSSR count). The minimum absolute atomic E-state index is 0.00757. The van der Waals surface area contributed by atoms with Crippen LogP contribution < -0.4 is 5.73 Å². The van der Waals surface area contributed by atoms with E-state index >= 15 is 0 Å². The number of nitrogens with two attached hydrogens (primary N) is 1. The number of carboxylic acids is 1. The molecule has 6 heteroatoms. The molecule has 0 aliphatic rings. The summed E-state index contributed by atoms with van der Waals surface area (Å²) in [5, 5.41) is 9.00. The van der Waals surface area contributed by atoms with Crippen LogP contribution in [0.4, 0.5) is 0 Å². The van der Waals surface area contributed by atoms with Gasteiger partial charge >= 0.3 is 5.97 Å². The molecule has 0 aliphatic heterocycles. The zero-order chi connectivity index (χ0) is 14.7. The fraction of sp³-hybridized carbons (Fsp3) is 0. The third-order valence-corrected chi connectivity index (χ3v) is 2.69. The topological polar surface area (TPSA) is 110 Å². The zero-order valence-corrected chi connectivity index (χ0v) is 10.2. The highest BCUT2D eigenvalue weighted by Gasteiger charge is 2.18. The summed E-state index contributed by atoms with van der Waals surface area (Å²) in [4.78, 5) is 37.9. The summed E-state index contributed by atoms with van der Waals surface area (Å²) in [5.74, 6) is -2.36. The number of aromatic nitrogens is 1. The molecule has 1 aromatic heterocycles. The number of benzene rings is 1. The molecular formula is C14H10N2O4. The number of carbonyl (C=O) groups is 3. The lowest BCUT2D eigenvalue weighted by Gasteiger charge is -2.04. The molecule has 20 heavy (non-hydrogen) atoms. The van der Waals surface area contributed by atoms with Crippen molar-refractivity contribution in [3.8, 4) is 0 Å². The van der Waals surface area contributed by atoms with Gasteiger partial charge in [0, 0.05) is 17.3 Å². The van der Waals surface area contributed by atoms with E-state index in [2.05, 4.69) is 4.98 Å². The lowest BCUT2D eigenvalue weighted by Crippen LogP contribution is -2.13. The number of carbonyl (C=O) groups excluding carboxylic acids is 2. The monoisotopic (exact) mass is 270 g/mol. The van der Waals surface area contributed by atoms with Gasteiger partial charge in [0.05, 0.1) is 5.56 Å². The normalized spacial score (nSPS) is 10.0. The predicted octanol–water partition coefficient (Wildman–Crippen LogP) is 1.11. The molecule has 0 saturated heterocycles. The lowest BCUT2D eigenvalue weighted by molar-refractivity contribution is 0.0686. The standard InChI is InChI=1S/C14H10N2O4/c15-13(18)9-5-3-8(4-6-9)12(17)10-2-1-7-16-11(10)14(19)20/h1-7H,(H2,15,18)(H,19,20). The highest BCUT2D eigenvalue weighted by molar-refractivity contribution is 6.13. The molecule has 6 nitrogen and oxygen atoms in total. The van der Waals surface area contributed by atoms with Gasteiger partial charge in [-0.3, -0.25) is 9.59 Å². The Hall–Kier alpha value is -3.02. The third-order valence-electron chi connectivity index (χ3n) is 2.69. The van der Waals surface area contributed by atoms with Crippen molar-refractivity contribution in [2.45, 2.75) is 0 Å². The second kappa shape index (κ2) is 5.31. The van der Waals surface area contributed by atoms with E-state index in [1.807, 2.05) is 0 Å². The molecule has 0 fully saturated rings. The Balaban J connectivity index is 2.41. The van der Waals surface area contributed by atoms with Crippen LogP contribution in [0.5, 0.6) is 0 Å². The Morgan fingerprint density at radius 3 is 2.15 bits per heavy atom. The largest absolute Gasteiger partial charge is 0.476 e. The van der Waals surface area contributed by atoms with Gasteiger partial charge in [0.2, 0.25) is 5.91 Å². The van der Waals surface area contributed by atoms with Gasteiger partial charge in [-0.25, -0.2) is 9.78 Å². The molecular weight excluding hydrogens is 260 g/mol. The van der Waals surface area contributed by atoms with Gasteiger partial charge in [-0.15, -0.1) is 0 Å². The highest BCUT2D eigenvalue weighted by atomic mass is 16.4. The molecule has 0 aliphatic carbocycles. The van der Waals surface area contributed by atoms with E-state index < -0.39 is 17.7 Å². The van der Waals surface area contributed by atoms with Crippen LogP contribution in [0.25, 0.3) is 0 Å². The van der Waals surface area contributed by atoms with Gasteiger partial charge in [0.25, 0.3) is 0 Å². The summed E-state index contributed by atoms with van der Waals surface area (Å²) in [7, 11) is 0. The van der Waals surface area contributed by atoms with Crippen LogP contribution in [0, 0.1) is 0 Å². The van der Waals surface area contributed by atoms with E-state index in [-0.39, 0.29) is 22.4 Å². The molecule has 0 saturated carbocycles. The Kier molecular flexibility index (Phi) is 3.56. The maximum absolute atomic E-state index is 12.2. The number of amides is 1. The molecule has 1 aromatic carbocycles. The van der Waals surface area contributed by atoms with Crippen LogP contribution in [-0.4, -0.2) is 27.8 Å². The molecule has 2 aromatic rings. The van der Waals surface area contributed by atoms with Crippen LogP contribution in [-0.2, 0) is 0 Å². The molecule has 3 N–H and O–H groups in total. The van der Waals surface area contributed by atoms with Crippen LogP contribution in [0.3, 0.4) is 0 Å². The molecule has 0 bridgehead atoms. The molecule has 0 unspecified atom stereocenters. The maximum atomic E-state index is 12.2. The number of rotatable bonds is 4. The minimum atomic E-state index is -1.28. The number of pyridine rings is 1. The van der Waals surface area contributed by atoms with Crippen LogP contribution in [0.15, 0.2) is 42.6 Å². The number of hydrogen-bond acceptors (Lipinski definition) is 4. The molecule has 0 radical (unpaired) electrons. The summed E-state index contributed by atoms with van der Waals surface area (Å²) in [5.41, 5.74) is 5.31. The number of hydrogen-bond donors (Lipinski definition) is 2. The first-order chi connectivity index (χ1) is 9.50. The van der Waals surface area contributed by atoms with Crippen molar-refractivity contribution in [2.75, 3.05) is 0 Å². The molecule has 1 heterocycles. The first kappa shape index (κ1) is 13.4. The third kappa shape index (κ3) is 2.54. The van der Waals surface area contributed by atoms with E-state index in [9.17, 15) is 14.4 Å². The van der Waals surface area contributed by atoms with Crippen molar-refractivity contribution in [3.05, 3.63) is 65.0 Å². The lowest BCUT2D eigenvalue weighted by atomic mass is 10.0. The fourth-order valence-electron chi connectivity index (χ4n) is 1.70. The van der Waals surface area contributed by atoms with E-state index in [4.69, 9.17) is 10.8 Å². The summed E-state index contributed by atoms with van der Waals surface area (Å²) in [6.45, 7) is 0. The Labute approximate surface area is 113 Å². The summed E-state index contributed by atoms with van der Waals surface area (Å²) in [6.07, 6.45) is 1.30. The number of primary amides is 1. The molecule has 0 spiro atoms. The van der Waals surface area contributed by atoms with Gasteiger partial charge in [-0.1, -0.05) is 12.1 Å². The van der Waals surface area contributed by atoms with Crippen molar-refractivity contribution >= 4 is 17.7 Å². The Morgan fingerprint density at radius 1 is 1.00 bits per heavy atom. The predicted molar refractivity (Wildman–Crippen MR) is 69.6 cm³/mol. The van der Waals surface area contributed by atoms with Crippen molar-refractivity contribution in [1.29, 1.82) is 0 Å². The second-order valence-electron chi connectivity index (χ2n) is 3.98. The van der Waals surface area contributed by atoms with Crippen molar-refractivity contribution in [2.24, 2.45) is 5.73 Å². The Morgan fingerprint density at radius 2 is 1.60 bits per heavy atom. The maximum Gasteiger partial charge on any atom is 0.355 e. The van der Waals surface area contributed by atoms with Gasteiger partial charge < -0.3 is 10.8 Å². The van der Waals surface area contributed by atoms with Gasteiger partial charge in [-0.05, 0) is 24.3 Å². The minimum Gasteiger partial charge on any atom is -0.476 e. The number of ketones is 1. The van der Waals surface area contributed by atoms with Crippen LogP contribution in [0.1, 0.15) is 36.8 Å². The van der Waals surface area contributed by atoms with Crippen LogP contribution in [0.2, 0.25) is 0 Å². The quantitative estimate of drug-likeness (QED) is 0.808. The average molecular weight is 270 g/mol. The SMILES string of the molecule is NC(=O)c1ccc(C(=O)c2cccnc2C(=O)O)cc1. The van der Waals surface area contributed by atoms with Gasteiger partial charge in [0.15, 0.2) is 11.5 Å². The highest BCUT2D eigenvalue weighted by Crippen LogP contribution is 2.14. The number of nitrogens with zero attached hydrogens (tertiary/aromatic N) is 1. The first-order valence-corrected chi connectivity index (χ1v) is 5.63. The van der Waals surface area contributed by atoms with Crippen molar-refractivity contribution in [3.63, 3.8) is 0 Å². The molecule has 100 valence electrons. The van der Waals surface area contributed by atoms with Gasteiger partial charge in [-0.2, -0.15) is 0 Å². The van der Waals surface area contributed by atoms with E-state index in [1.165, 1.54) is 42.6 Å². The van der Waals surface area contributed by atoms with Crippen LogP contribution >= 0.6 is 0 Å². The molecule has 1 amide bonds. The second-order valence-corrected chi connectivity index (χ2v) is 3.98. The summed E-state index contributed by atoms with van der Waals surface area (Å²) < 4.78 is 0. The first-order valence-electron chi connectivity index (χ1n) is 5.63. The summed E-state index contributed by atoms with van der Waals surface area (Å²) >= 11 is 0. The van der Waals surface area contributed by atoms with Crippen molar-refractivity contribution < 1.29 is 19.5 Å². The van der Waals surface area contributed by atoms with E-state index in [1.54, 1.807) is 0 Å². The van der Waals surface area contributed by atoms with Crippen molar-refractivity contribution in [1.82, 2.24) is 4.98 Å².